The van der Waals surface area contributed by atoms with E-state index in [0.717, 1.165) is 31.7 Å². The summed E-state index contributed by atoms with van der Waals surface area (Å²) in [4.78, 5) is 0. The van der Waals surface area contributed by atoms with Crippen molar-refractivity contribution in [3.63, 3.8) is 0 Å². The molecule has 3 heteroatoms. The Hall–Kier alpha value is -1.06. The van der Waals surface area contributed by atoms with Crippen LogP contribution < -0.4 is 10.1 Å². The first-order valence-corrected chi connectivity index (χ1v) is 8.21. The van der Waals surface area contributed by atoms with Gasteiger partial charge in [-0.3, -0.25) is 0 Å². The molecule has 0 fully saturated rings. The molecule has 3 nitrogen and oxygen atoms in total. The number of ether oxygens (including phenoxy) is 2. The first kappa shape index (κ1) is 18.0. The van der Waals surface area contributed by atoms with Gasteiger partial charge in [0.05, 0.1) is 6.61 Å². The van der Waals surface area contributed by atoms with Crippen LogP contribution in [0.1, 0.15) is 52.1 Å². The zero-order chi connectivity index (χ0) is 15.5. The van der Waals surface area contributed by atoms with Crippen LogP contribution >= 0.6 is 0 Å². The highest BCUT2D eigenvalue weighted by atomic mass is 16.5. The fraction of sp³-hybridized carbons (Fsp3) is 0.667. The fourth-order valence-corrected chi connectivity index (χ4v) is 2.18. The van der Waals surface area contributed by atoms with E-state index in [9.17, 15) is 0 Å². The minimum Gasteiger partial charge on any atom is -0.491 e. The van der Waals surface area contributed by atoms with Gasteiger partial charge in [-0.15, -0.1) is 0 Å². The van der Waals surface area contributed by atoms with Gasteiger partial charge in [0.25, 0.3) is 0 Å². The summed E-state index contributed by atoms with van der Waals surface area (Å²) in [6.07, 6.45) is 2.24. The quantitative estimate of drug-likeness (QED) is 0.621. The number of benzene rings is 1. The Balaban J connectivity index is 2.43. The predicted octanol–water partition coefficient (Wildman–Crippen LogP) is 4.19. The van der Waals surface area contributed by atoms with E-state index in [2.05, 4.69) is 51.2 Å². The van der Waals surface area contributed by atoms with Crippen LogP contribution in [-0.4, -0.2) is 26.4 Å². The zero-order valence-corrected chi connectivity index (χ0v) is 14.0. The smallest absolute Gasteiger partial charge is 0.119 e. The van der Waals surface area contributed by atoms with Gasteiger partial charge in [-0.1, -0.05) is 39.8 Å². The summed E-state index contributed by atoms with van der Waals surface area (Å²) >= 11 is 0. The van der Waals surface area contributed by atoms with Crippen LogP contribution in [0, 0.1) is 5.92 Å². The summed E-state index contributed by atoms with van der Waals surface area (Å²) in [7, 11) is 0. The molecule has 1 unspecified atom stereocenters. The predicted molar refractivity (Wildman–Crippen MR) is 88.9 cm³/mol. The average Bonchev–Trinajstić information content (AvgIpc) is 2.48. The third-order valence-corrected chi connectivity index (χ3v) is 3.26. The first-order chi connectivity index (χ1) is 10.2. The van der Waals surface area contributed by atoms with Gasteiger partial charge < -0.3 is 14.8 Å². The van der Waals surface area contributed by atoms with Crippen LogP contribution in [0.15, 0.2) is 24.3 Å². The molecular weight excluding hydrogens is 262 g/mol. The van der Waals surface area contributed by atoms with E-state index >= 15 is 0 Å². The number of rotatable bonds is 11. The molecule has 0 saturated carbocycles. The first-order valence-electron chi connectivity index (χ1n) is 8.21. The lowest BCUT2D eigenvalue weighted by Gasteiger charge is -2.18. The van der Waals surface area contributed by atoms with Crippen molar-refractivity contribution in [2.45, 2.75) is 46.6 Å². The van der Waals surface area contributed by atoms with E-state index < -0.39 is 0 Å². The lowest BCUT2D eigenvalue weighted by molar-refractivity contribution is 0.0818. The highest BCUT2D eigenvalue weighted by molar-refractivity contribution is 5.30. The molecule has 1 N–H and O–H groups in total. The van der Waals surface area contributed by atoms with Gasteiger partial charge in [-0.05, 0) is 43.0 Å². The zero-order valence-electron chi connectivity index (χ0n) is 14.0. The van der Waals surface area contributed by atoms with Crippen molar-refractivity contribution < 1.29 is 9.47 Å². The Labute approximate surface area is 130 Å². The van der Waals surface area contributed by atoms with Gasteiger partial charge in [0, 0.05) is 12.6 Å². The summed E-state index contributed by atoms with van der Waals surface area (Å²) in [5, 5.41) is 3.57. The third kappa shape index (κ3) is 7.49. The molecule has 0 amide bonds. The van der Waals surface area contributed by atoms with E-state index in [-0.39, 0.29) is 0 Å². The Bertz CT molecular complexity index is 379. The lowest BCUT2D eigenvalue weighted by Crippen LogP contribution is -2.21. The molecule has 1 aromatic rings. The second kappa shape index (κ2) is 10.6. The van der Waals surface area contributed by atoms with E-state index in [1.165, 1.54) is 5.56 Å². The summed E-state index contributed by atoms with van der Waals surface area (Å²) in [6, 6.07) is 8.79. The molecule has 0 bridgehead atoms. The van der Waals surface area contributed by atoms with Crippen molar-refractivity contribution in [1.29, 1.82) is 0 Å². The van der Waals surface area contributed by atoms with Crippen LogP contribution in [-0.2, 0) is 4.74 Å². The number of nitrogens with one attached hydrogen (secondary N) is 1. The Kier molecular flexibility index (Phi) is 9.11. The van der Waals surface area contributed by atoms with Crippen molar-refractivity contribution >= 4 is 0 Å². The van der Waals surface area contributed by atoms with E-state index in [4.69, 9.17) is 9.47 Å². The molecule has 1 rings (SSSR count). The van der Waals surface area contributed by atoms with Crippen LogP contribution in [0.4, 0.5) is 0 Å². The Morgan fingerprint density at radius 1 is 1.14 bits per heavy atom. The normalized spacial score (nSPS) is 12.6. The molecule has 120 valence electrons. The SMILES string of the molecule is CCCNC(CC)c1cccc(OCCOCC(C)C)c1. The van der Waals surface area contributed by atoms with Gasteiger partial charge in [0.15, 0.2) is 0 Å². The molecule has 21 heavy (non-hydrogen) atoms. The minimum absolute atomic E-state index is 0.408. The van der Waals surface area contributed by atoms with Crippen LogP contribution in [0.3, 0.4) is 0 Å². The molecule has 0 aliphatic carbocycles. The molecule has 0 saturated heterocycles. The topological polar surface area (TPSA) is 30.5 Å². The van der Waals surface area contributed by atoms with Crippen LogP contribution in [0.2, 0.25) is 0 Å². The van der Waals surface area contributed by atoms with Gasteiger partial charge in [-0.25, -0.2) is 0 Å². The van der Waals surface area contributed by atoms with Crippen molar-refractivity contribution in [3.05, 3.63) is 29.8 Å². The van der Waals surface area contributed by atoms with Crippen molar-refractivity contribution in [2.75, 3.05) is 26.4 Å². The minimum atomic E-state index is 0.408. The maximum atomic E-state index is 5.77. The van der Waals surface area contributed by atoms with Crippen molar-refractivity contribution in [2.24, 2.45) is 5.92 Å². The molecular formula is C18H31NO2. The Morgan fingerprint density at radius 3 is 2.62 bits per heavy atom. The number of hydrogen-bond donors (Lipinski definition) is 1. The summed E-state index contributed by atoms with van der Waals surface area (Å²) in [6.45, 7) is 11.8. The highest BCUT2D eigenvalue weighted by Crippen LogP contribution is 2.21. The van der Waals surface area contributed by atoms with Crippen molar-refractivity contribution in [3.8, 4) is 5.75 Å². The van der Waals surface area contributed by atoms with Gasteiger partial charge >= 0.3 is 0 Å². The summed E-state index contributed by atoms with van der Waals surface area (Å²) in [5.41, 5.74) is 1.30. The van der Waals surface area contributed by atoms with Crippen molar-refractivity contribution in [1.82, 2.24) is 5.32 Å². The number of hydrogen-bond acceptors (Lipinski definition) is 3. The highest BCUT2D eigenvalue weighted by Gasteiger charge is 2.08. The van der Waals surface area contributed by atoms with Gasteiger partial charge in [0.2, 0.25) is 0 Å². The molecule has 1 atom stereocenters. The molecule has 0 aliphatic heterocycles. The third-order valence-electron chi connectivity index (χ3n) is 3.26. The standard InChI is InChI=1S/C18H31NO2/c1-5-10-19-18(6-2)16-8-7-9-17(13-16)21-12-11-20-14-15(3)4/h7-9,13,15,18-19H,5-6,10-12,14H2,1-4H3. The maximum absolute atomic E-state index is 5.77. The van der Waals surface area contributed by atoms with Gasteiger partial charge in [-0.2, -0.15) is 0 Å². The largest absolute Gasteiger partial charge is 0.491 e. The average molecular weight is 293 g/mol. The molecule has 0 spiro atoms. The molecule has 0 aliphatic rings. The molecule has 1 aromatic carbocycles. The Morgan fingerprint density at radius 2 is 1.95 bits per heavy atom. The second-order valence-corrected chi connectivity index (χ2v) is 5.80. The fourth-order valence-electron chi connectivity index (χ4n) is 2.18. The maximum Gasteiger partial charge on any atom is 0.119 e. The van der Waals surface area contributed by atoms with Gasteiger partial charge in [0.1, 0.15) is 12.4 Å². The molecule has 0 aromatic heterocycles. The lowest BCUT2D eigenvalue weighted by atomic mass is 10.0. The molecule has 0 heterocycles. The van der Waals surface area contributed by atoms with E-state index in [1.807, 2.05) is 6.07 Å². The van der Waals surface area contributed by atoms with E-state index in [0.29, 0.717) is 25.2 Å². The second-order valence-electron chi connectivity index (χ2n) is 5.80. The molecule has 0 radical (unpaired) electrons. The van der Waals surface area contributed by atoms with Crippen LogP contribution in [0.5, 0.6) is 5.75 Å². The van der Waals surface area contributed by atoms with E-state index in [1.54, 1.807) is 0 Å². The van der Waals surface area contributed by atoms with Crippen LogP contribution in [0.25, 0.3) is 0 Å². The monoisotopic (exact) mass is 293 g/mol. The summed E-state index contributed by atoms with van der Waals surface area (Å²) < 4.78 is 11.3. The summed E-state index contributed by atoms with van der Waals surface area (Å²) in [5.74, 6) is 1.50.